The molecule has 10 nitrogen and oxygen atoms in total. The monoisotopic (exact) mass is 590 g/mol. The first kappa shape index (κ1) is 32.1. The Balaban J connectivity index is 1.37. The number of nitrogens with zero attached hydrogens (tertiary/aromatic N) is 1. The van der Waals surface area contributed by atoms with Gasteiger partial charge in [0.15, 0.2) is 12.2 Å². The number of nitrogens with two attached hydrogens (primary N) is 2. The lowest BCUT2D eigenvalue weighted by atomic mass is 9.96. The molecule has 10 heteroatoms. The van der Waals surface area contributed by atoms with Gasteiger partial charge in [0, 0.05) is 20.1 Å². The molecular weight excluding hydrogens is 548 g/mol. The Hall–Kier alpha value is -3.80. The van der Waals surface area contributed by atoms with Crippen LogP contribution in [-0.4, -0.2) is 74.5 Å². The molecule has 1 heterocycles. The number of rotatable bonds is 15. The summed E-state index contributed by atoms with van der Waals surface area (Å²) >= 11 is 0. The van der Waals surface area contributed by atoms with Gasteiger partial charge in [-0.15, -0.1) is 0 Å². The second-order valence-corrected chi connectivity index (χ2v) is 10.4. The van der Waals surface area contributed by atoms with Crippen LogP contribution in [0.5, 0.6) is 0 Å². The van der Waals surface area contributed by atoms with E-state index in [0.717, 1.165) is 22.3 Å². The fourth-order valence-corrected chi connectivity index (χ4v) is 4.99. The maximum atomic E-state index is 12.8. The highest BCUT2D eigenvalue weighted by molar-refractivity contribution is 5.77. The maximum Gasteiger partial charge on any atom is 0.220 e. The van der Waals surface area contributed by atoms with Crippen molar-refractivity contribution in [3.05, 3.63) is 96.1 Å². The molecule has 6 N–H and O–H groups in total. The van der Waals surface area contributed by atoms with Crippen molar-refractivity contribution in [1.82, 2.24) is 5.32 Å². The van der Waals surface area contributed by atoms with Gasteiger partial charge in [-0.2, -0.15) is 0 Å². The van der Waals surface area contributed by atoms with Gasteiger partial charge < -0.3 is 40.8 Å². The molecule has 0 aromatic heterocycles. The Labute approximate surface area is 253 Å². The van der Waals surface area contributed by atoms with E-state index in [1.54, 1.807) is 0 Å². The summed E-state index contributed by atoms with van der Waals surface area (Å²) in [7, 11) is 1.49. The molecule has 1 fully saturated rings. The van der Waals surface area contributed by atoms with E-state index < -0.39 is 30.6 Å². The number of benzene rings is 3. The van der Waals surface area contributed by atoms with Gasteiger partial charge in [-0.05, 0) is 35.1 Å². The molecule has 1 amide bonds. The Morgan fingerprint density at radius 1 is 0.953 bits per heavy atom. The van der Waals surface area contributed by atoms with E-state index in [4.69, 9.17) is 30.4 Å². The predicted octanol–water partition coefficient (Wildman–Crippen LogP) is 2.77. The number of guanidine groups is 1. The molecule has 0 saturated carbocycles. The van der Waals surface area contributed by atoms with Gasteiger partial charge in [0.2, 0.25) is 5.91 Å². The van der Waals surface area contributed by atoms with E-state index in [0.29, 0.717) is 32.6 Å². The number of ether oxygens (including phenoxy) is 4. The number of aliphatic hydroxyl groups excluding tert-OH is 1. The third-order valence-electron chi connectivity index (χ3n) is 7.26. The number of carbonyl (C=O) groups excluding carboxylic acids is 1. The largest absolute Gasteiger partial charge is 0.388 e. The van der Waals surface area contributed by atoms with Gasteiger partial charge in [0.05, 0.1) is 19.8 Å². The summed E-state index contributed by atoms with van der Waals surface area (Å²) in [5.74, 6) is -0.271. The fourth-order valence-electron chi connectivity index (χ4n) is 4.99. The molecule has 1 unspecified atom stereocenters. The lowest BCUT2D eigenvalue weighted by Gasteiger charge is -2.44. The summed E-state index contributed by atoms with van der Waals surface area (Å²) in [5.41, 5.74) is 15.1. The average Bonchev–Trinajstić information content (AvgIpc) is 3.02. The zero-order chi connectivity index (χ0) is 30.4. The SMILES string of the molecule is CO[C@H]1[C@H](O)[C@@H](COCc2ccc(-c3ccccc3)cc2)OC(OCCc2ccccc2)[C@@H]1NC(=O)CCCN=C(N)N. The Bertz CT molecular complexity index is 1270. The smallest absolute Gasteiger partial charge is 0.220 e. The standard InChI is InChI=1S/C33H42N4O6/c1-40-31-29(37-28(38)13-8-19-36-33(34)35)32(42-20-18-23-9-4-2-5-10-23)43-27(30(31)39)22-41-21-24-14-16-26(17-15-24)25-11-6-3-7-12-25/h2-7,9-12,14-17,27,29-32,39H,8,13,18-22H2,1H3,(H,37,38)(H4,34,35,36)/t27-,29-,30-,31-,32?/m1/s1. The molecular formula is C33H42N4O6. The Morgan fingerprint density at radius 3 is 2.30 bits per heavy atom. The summed E-state index contributed by atoms with van der Waals surface area (Å²) in [6.07, 6.45) is -2.14. The zero-order valence-electron chi connectivity index (χ0n) is 24.5. The van der Waals surface area contributed by atoms with Crippen LogP contribution in [0.4, 0.5) is 0 Å². The number of carbonyl (C=O) groups is 1. The van der Waals surface area contributed by atoms with Crippen LogP contribution in [0.15, 0.2) is 89.9 Å². The van der Waals surface area contributed by atoms with Gasteiger partial charge in [0.25, 0.3) is 0 Å². The van der Waals surface area contributed by atoms with Crippen LogP contribution in [-0.2, 0) is 36.8 Å². The van der Waals surface area contributed by atoms with Gasteiger partial charge in [-0.1, -0.05) is 84.9 Å². The number of nitrogens with one attached hydrogen (secondary N) is 1. The highest BCUT2D eigenvalue weighted by Crippen LogP contribution is 2.26. The summed E-state index contributed by atoms with van der Waals surface area (Å²) in [4.78, 5) is 16.7. The zero-order valence-corrected chi connectivity index (χ0v) is 24.5. The van der Waals surface area contributed by atoms with Crippen molar-refractivity contribution < 1.29 is 28.8 Å². The second-order valence-electron chi connectivity index (χ2n) is 10.4. The van der Waals surface area contributed by atoms with Crippen LogP contribution in [0.2, 0.25) is 0 Å². The number of hydrogen-bond donors (Lipinski definition) is 4. The van der Waals surface area contributed by atoms with E-state index in [2.05, 4.69) is 34.6 Å². The van der Waals surface area contributed by atoms with Crippen molar-refractivity contribution in [3.8, 4) is 11.1 Å². The molecule has 0 spiro atoms. The molecule has 3 aromatic rings. The summed E-state index contributed by atoms with van der Waals surface area (Å²) in [6, 6.07) is 27.5. The van der Waals surface area contributed by atoms with Crippen LogP contribution in [0.1, 0.15) is 24.0 Å². The number of amides is 1. The molecule has 0 radical (unpaired) electrons. The third kappa shape index (κ3) is 9.87. The molecule has 0 aliphatic carbocycles. The number of aliphatic imine (C=N–C) groups is 1. The quantitative estimate of drug-likeness (QED) is 0.120. The van der Waals surface area contributed by atoms with Crippen molar-refractivity contribution in [2.75, 3.05) is 26.9 Å². The van der Waals surface area contributed by atoms with Crippen molar-refractivity contribution in [3.63, 3.8) is 0 Å². The predicted molar refractivity (Wildman–Crippen MR) is 165 cm³/mol. The van der Waals surface area contributed by atoms with E-state index >= 15 is 0 Å². The third-order valence-corrected chi connectivity index (χ3v) is 7.26. The summed E-state index contributed by atoms with van der Waals surface area (Å²) in [6.45, 7) is 1.13. The lowest BCUT2D eigenvalue weighted by Crippen LogP contribution is -2.65. The molecule has 43 heavy (non-hydrogen) atoms. The minimum atomic E-state index is -1.06. The van der Waals surface area contributed by atoms with E-state index in [1.807, 2.05) is 60.7 Å². The Kier molecular flexibility index (Phi) is 12.5. The molecule has 5 atom stereocenters. The molecule has 230 valence electrons. The van der Waals surface area contributed by atoms with Crippen molar-refractivity contribution in [2.24, 2.45) is 16.5 Å². The van der Waals surface area contributed by atoms with Crippen molar-refractivity contribution in [2.45, 2.75) is 56.5 Å². The van der Waals surface area contributed by atoms with E-state index in [1.165, 1.54) is 7.11 Å². The van der Waals surface area contributed by atoms with Crippen molar-refractivity contribution in [1.29, 1.82) is 0 Å². The lowest BCUT2D eigenvalue weighted by molar-refractivity contribution is -0.276. The first-order valence-electron chi connectivity index (χ1n) is 14.5. The number of methoxy groups -OCH3 is 1. The van der Waals surface area contributed by atoms with Gasteiger partial charge in [-0.25, -0.2) is 0 Å². The van der Waals surface area contributed by atoms with E-state index in [9.17, 15) is 9.90 Å². The van der Waals surface area contributed by atoms with Crippen LogP contribution in [0.3, 0.4) is 0 Å². The van der Waals surface area contributed by atoms with Gasteiger partial charge in [-0.3, -0.25) is 9.79 Å². The van der Waals surface area contributed by atoms with E-state index in [-0.39, 0.29) is 24.9 Å². The molecule has 3 aromatic carbocycles. The van der Waals surface area contributed by atoms with Crippen LogP contribution >= 0.6 is 0 Å². The Morgan fingerprint density at radius 2 is 1.63 bits per heavy atom. The normalized spacial score (nSPS) is 21.7. The minimum absolute atomic E-state index is 0.0204. The summed E-state index contributed by atoms with van der Waals surface area (Å²) in [5, 5.41) is 14.1. The number of aliphatic hydroxyl groups is 1. The topological polar surface area (TPSA) is 151 Å². The average molecular weight is 591 g/mol. The maximum absolute atomic E-state index is 12.8. The second kappa shape index (κ2) is 16.7. The summed E-state index contributed by atoms with van der Waals surface area (Å²) < 4.78 is 24.0. The molecule has 4 rings (SSSR count). The first-order valence-corrected chi connectivity index (χ1v) is 14.5. The molecule has 1 aliphatic heterocycles. The van der Waals surface area contributed by atoms with Crippen LogP contribution in [0, 0.1) is 0 Å². The molecule has 1 saturated heterocycles. The van der Waals surface area contributed by atoms with Crippen LogP contribution < -0.4 is 16.8 Å². The minimum Gasteiger partial charge on any atom is -0.388 e. The van der Waals surface area contributed by atoms with Gasteiger partial charge in [0.1, 0.15) is 24.4 Å². The highest BCUT2D eigenvalue weighted by atomic mass is 16.7. The highest BCUT2D eigenvalue weighted by Gasteiger charge is 2.47. The van der Waals surface area contributed by atoms with Crippen LogP contribution in [0.25, 0.3) is 11.1 Å². The first-order chi connectivity index (χ1) is 20.9. The molecule has 1 aliphatic rings. The number of hydrogen-bond acceptors (Lipinski definition) is 7. The molecule has 0 bridgehead atoms. The van der Waals surface area contributed by atoms with Gasteiger partial charge >= 0.3 is 0 Å². The van der Waals surface area contributed by atoms with Crippen molar-refractivity contribution >= 4 is 11.9 Å². The fraction of sp³-hybridized carbons (Fsp3) is 0.394.